The Morgan fingerprint density at radius 2 is 1.83 bits per heavy atom. The maximum absolute atomic E-state index is 12.5. The van der Waals surface area contributed by atoms with Gasteiger partial charge in [-0.3, -0.25) is 9.59 Å². The van der Waals surface area contributed by atoms with E-state index in [1.165, 1.54) is 0 Å². The van der Waals surface area contributed by atoms with Crippen molar-refractivity contribution in [1.82, 2.24) is 0 Å². The number of nitrogens with one attached hydrogen (secondary N) is 1. The lowest BCUT2D eigenvalue weighted by atomic mass is 10.1. The van der Waals surface area contributed by atoms with Gasteiger partial charge < -0.3 is 15.0 Å². The lowest BCUT2D eigenvalue weighted by Crippen LogP contribution is -2.28. The lowest BCUT2D eigenvalue weighted by molar-refractivity contribution is -0.122. The van der Waals surface area contributed by atoms with Crippen molar-refractivity contribution < 1.29 is 14.3 Å². The van der Waals surface area contributed by atoms with Gasteiger partial charge in [0.25, 0.3) is 0 Å². The fourth-order valence-corrected chi connectivity index (χ4v) is 2.72. The summed E-state index contributed by atoms with van der Waals surface area (Å²) in [5.41, 5.74) is 1.44. The van der Waals surface area contributed by atoms with Crippen LogP contribution in [0.25, 0.3) is 0 Å². The first-order valence-corrected chi connectivity index (χ1v) is 7.48. The SMILES string of the molecule is COc1ccccc1NC(=O)C1CC(=O)N(c2ccccc2)C1. The van der Waals surface area contributed by atoms with Gasteiger partial charge in [-0.25, -0.2) is 0 Å². The topological polar surface area (TPSA) is 58.6 Å². The summed E-state index contributed by atoms with van der Waals surface area (Å²) in [5, 5.41) is 2.85. The maximum Gasteiger partial charge on any atom is 0.229 e. The number of amides is 2. The summed E-state index contributed by atoms with van der Waals surface area (Å²) in [6.07, 6.45) is 0.218. The maximum atomic E-state index is 12.5. The van der Waals surface area contributed by atoms with Crippen LogP contribution < -0.4 is 15.0 Å². The Labute approximate surface area is 134 Å². The first kappa shape index (κ1) is 15.1. The second-order valence-corrected chi connectivity index (χ2v) is 5.43. The quantitative estimate of drug-likeness (QED) is 0.944. The molecule has 1 heterocycles. The molecular formula is C18H18N2O3. The largest absolute Gasteiger partial charge is 0.495 e. The number of ether oxygens (including phenoxy) is 1. The van der Waals surface area contributed by atoms with E-state index in [2.05, 4.69) is 5.32 Å². The Hall–Kier alpha value is -2.82. The van der Waals surface area contributed by atoms with E-state index in [4.69, 9.17) is 4.74 Å². The molecule has 1 atom stereocenters. The highest BCUT2D eigenvalue weighted by Gasteiger charge is 2.35. The van der Waals surface area contributed by atoms with Crippen LogP contribution in [0, 0.1) is 5.92 Å². The van der Waals surface area contributed by atoms with Gasteiger partial charge in [-0.05, 0) is 24.3 Å². The van der Waals surface area contributed by atoms with Crippen LogP contribution in [-0.2, 0) is 9.59 Å². The molecule has 0 aromatic heterocycles. The molecule has 3 rings (SSSR count). The molecule has 5 nitrogen and oxygen atoms in total. The Morgan fingerprint density at radius 1 is 1.13 bits per heavy atom. The van der Waals surface area contributed by atoms with Crippen LogP contribution in [0.2, 0.25) is 0 Å². The highest BCUT2D eigenvalue weighted by molar-refractivity contribution is 6.03. The summed E-state index contributed by atoms with van der Waals surface area (Å²) in [6, 6.07) is 16.6. The van der Waals surface area contributed by atoms with Crippen LogP contribution in [0.15, 0.2) is 54.6 Å². The Morgan fingerprint density at radius 3 is 2.57 bits per heavy atom. The van der Waals surface area contributed by atoms with Crippen LogP contribution in [-0.4, -0.2) is 25.5 Å². The smallest absolute Gasteiger partial charge is 0.229 e. The fraction of sp³-hybridized carbons (Fsp3) is 0.222. The summed E-state index contributed by atoms with van der Waals surface area (Å²) in [5.74, 6) is 0.0374. The molecule has 1 fully saturated rings. The van der Waals surface area contributed by atoms with Gasteiger partial charge in [-0.15, -0.1) is 0 Å². The van der Waals surface area contributed by atoms with Gasteiger partial charge in [0.05, 0.1) is 18.7 Å². The average molecular weight is 310 g/mol. The normalized spacial score (nSPS) is 17.2. The van der Waals surface area contributed by atoms with E-state index in [0.29, 0.717) is 18.0 Å². The van der Waals surface area contributed by atoms with E-state index in [-0.39, 0.29) is 24.2 Å². The Bertz CT molecular complexity index is 715. The molecule has 23 heavy (non-hydrogen) atoms. The van der Waals surface area contributed by atoms with Gasteiger partial charge in [0.2, 0.25) is 11.8 Å². The molecule has 2 aromatic rings. The summed E-state index contributed by atoms with van der Waals surface area (Å²) in [7, 11) is 1.56. The van der Waals surface area contributed by atoms with Crippen molar-refractivity contribution in [3.05, 3.63) is 54.6 Å². The van der Waals surface area contributed by atoms with Gasteiger partial charge in [0.15, 0.2) is 0 Å². The summed E-state index contributed by atoms with van der Waals surface area (Å²) in [4.78, 5) is 26.3. The number of carbonyl (C=O) groups excluding carboxylic acids is 2. The fourth-order valence-electron chi connectivity index (χ4n) is 2.72. The molecule has 1 aliphatic heterocycles. The molecule has 2 amide bonds. The second kappa shape index (κ2) is 6.52. The molecule has 0 radical (unpaired) electrons. The number of nitrogens with zero attached hydrogens (tertiary/aromatic N) is 1. The van der Waals surface area contributed by atoms with Gasteiger partial charge in [-0.2, -0.15) is 0 Å². The summed E-state index contributed by atoms with van der Waals surface area (Å²) < 4.78 is 5.23. The van der Waals surface area contributed by atoms with Crippen molar-refractivity contribution in [3.8, 4) is 5.75 Å². The number of hydrogen-bond donors (Lipinski definition) is 1. The van der Waals surface area contributed by atoms with E-state index >= 15 is 0 Å². The van der Waals surface area contributed by atoms with Crippen LogP contribution in [0.3, 0.4) is 0 Å². The minimum atomic E-state index is -0.368. The predicted octanol–water partition coefficient (Wildman–Crippen LogP) is 2.69. The van der Waals surface area contributed by atoms with Crippen molar-refractivity contribution in [2.24, 2.45) is 5.92 Å². The van der Waals surface area contributed by atoms with Gasteiger partial charge in [0, 0.05) is 18.7 Å². The minimum Gasteiger partial charge on any atom is -0.495 e. The number of rotatable bonds is 4. The summed E-state index contributed by atoms with van der Waals surface area (Å²) >= 11 is 0. The highest BCUT2D eigenvalue weighted by atomic mass is 16.5. The van der Waals surface area contributed by atoms with E-state index in [9.17, 15) is 9.59 Å². The van der Waals surface area contributed by atoms with Gasteiger partial charge in [0.1, 0.15) is 5.75 Å². The zero-order chi connectivity index (χ0) is 16.2. The molecule has 0 aliphatic carbocycles. The standard InChI is InChI=1S/C18H18N2O3/c1-23-16-10-6-5-9-15(16)19-18(22)13-11-17(21)20(12-13)14-7-3-2-4-8-14/h2-10,13H,11-12H2,1H3,(H,19,22). The number of hydrogen-bond acceptors (Lipinski definition) is 3. The van der Waals surface area contributed by atoms with Gasteiger partial charge in [-0.1, -0.05) is 30.3 Å². The van der Waals surface area contributed by atoms with Crippen molar-refractivity contribution in [3.63, 3.8) is 0 Å². The van der Waals surface area contributed by atoms with Crippen LogP contribution in [0.5, 0.6) is 5.75 Å². The molecule has 0 bridgehead atoms. The molecule has 2 aromatic carbocycles. The number of carbonyl (C=O) groups is 2. The first-order valence-electron chi connectivity index (χ1n) is 7.48. The average Bonchev–Trinajstić information content (AvgIpc) is 2.98. The summed E-state index contributed by atoms with van der Waals surface area (Å²) in [6.45, 7) is 0.393. The zero-order valence-electron chi connectivity index (χ0n) is 12.9. The molecule has 5 heteroatoms. The molecular weight excluding hydrogens is 292 g/mol. The minimum absolute atomic E-state index is 0.0311. The zero-order valence-corrected chi connectivity index (χ0v) is 12.9. The van der Waals surface area contributed by atoms with Gasteiger partial charge >= 0.3 is 0 Å². The molecule has 1 unspecified atom stereocenters. The predicted molar refractivity (Wildman–Crippen MR) is 88.5 cm³/mol. The second-order valence-electron chi connectivity index (χ2n) is 5.43. The Balaban J connectivity index is 1.71. The molecule has 1 N–H and O–H groups in total. The lowest BCUT2D eigenvalue weighted by Gasteiger charge is -2.17. The van der Waals surface area contributed by atoms with E-state index < -0.39 is 0 Å². The van der Waals surface area contributed by atoms with Crippen molar-refractivity contribution in [1.29, 1.82) is 0 Å². The Kier molecular flexibility index (Phi) is 4.28. The third-order valence-corrected chi connectivity index (χ3v) is 3.93. The van der Waals surface area contributed by atoms with E-state index in [1.54, 1.807) is 24.1 Å². The number of para-hydroxylation sites is 3. The van der Waals surface area contributed by atoms with Crippen LogP contribution in [0.1, 0.15) is 6.42 Å². The number of anilines is 2. The van der Waals surface area contributed by atoms with Crippen LogP contribution >= 0.6 is 0 Å². The van der Waals surface area contributed by atoms with E-state index in [1.807, 2.05) is 42.5 Å². The van der Waals surface area contributed by atoms with Crippen molar-refractivity contribution >= 4 is 23.2 Å². The molecule has 0 spiro atoms. The molecule has 118 valence electrons. The van der Waals surface area contributed by atoms with E-state index in [0.717, 1.165) is 5.69 Å². The molecule has 1 saturated heterocycles. The molecule has 0 saturated carbocycles. The first-order chi connectivity index (χ1) is 11.2. The van der Waals surface area contributed by atoms with Crippen molar-refractivity contribution in [2.45, 2.75) is 6.42 Å². The third-order valence-electron chi connectivity index (χ3n) is 3.93. The monoisotopic (exact) mass is 310 g/mol. The molecule has 1 aliphatic rings. The van der Waals surface area contributed by atoms with Crippen molar-refractivity contribution in [2.75, 3.05) is 23.9 Å². The van der Waals surface area contributed by atoms with Crippen LogP contribution in [0.4, 0.5) is 11.4 Å². The highest BCUT2D eigenvalue weighted by Crippen LogP contribution is 2.28. The number of benzene rings is 2. The number of methoxy groups -OCH3 is 1. The third kappa shape index (κ3) is 3.18.